The van der Waals surface area contributed by atoms with Crippen molar-refractivity contribution < 1.29 is 9.90 Å². The molecule has 5 heteroatoms. The van der Waals surface area contributed by atoms with E-state index in [1.807, 2.05) is 13.8 Å². The molecule has 1 aromatic carbocycles. The van der Waals surface area contributed by atoms with E-state index in [1.54, 1.807) is 0 Å². The maximum absolute atomic E-state index is 10.7. The van der Waals surface area contributed by atoms with Gasteiger partial charge in [0.2, 0.25) is 0 Å². The number of carboxylic acids is 1. The second-order valence-electron chi connectivity index (χ2n) is 4.13. The van der Waals surface area contributed by atoms with Gasteiger partial charge in [-0.25, -0.2) is 4.98 Å². The number of halogens is 1. The van der Waals surface area contributed by atoms with Gasteiger partial charge in [-0.1, -0.05) is 17.7 Å². The average molecular weight is 326 g/mol. The number of benzene rings is 1. The molecule has 0 radical (unpaired) electrons. The van der Waals surface area contributed by atoms with E-state index in [4.69, 9.17) is 5.11 Å². The van der Waals surface area contributed by atoms with Gasteiger partial charge in [-0.15, -0.1) is 11.3 Å². The van der Waals surface area contributed by atoms with Crippen LogP contribution in [0, 0.1) is 13.8 Å². The molecule has 1 aromatic heterocycles. The Hall–Kier alpha value is -1.20. The molecule has 0 amide bonds. The van der Waals surface area contributed by atoms with E-state index in [9.17, 15) is 4.79 Å². The first-order valence-electron chi connectivity index (χ1n) is 5.42. The topological polar surface area (TPSA) is 50.2 Å². The standard InChI is InChI=1S/C13H12BrNO2S/c1-7-3-4-8(2)9(5-7)13-15-10(6-11(16)17)12(14)18-13/h3-5H,6H2,1-2H3,(H,16,17). The van der Waals surface area contributed by atoms with Crippen molar-refractivity contribution in [3.05, 3.63) is 38.8 Å². The quantitative estimate of drug-likeness (QED) is 0.933. The molecule has 0 spiro atoms. The number of thiazole rings is 1. The Bertz CT molecular complexity index is 607. The molecule has 94 valence electrons. The molecule has 0 aliphatic carbocycles. The molecular weight excluding hydrogens is 314 g/mol. The molecule has 0 aliphatic heterocycles. The zero-order valence-electron chi connectivity index (χ0n) is 10.0. The number of carboxylic acid groups (broad SMARTS) is 1. The van der Waals surface area contributed by atoms with Crippen LogP contribution in [0.5, 0.6) is 0 Å². The molecule has 0 unspecified atom stereocenters. The number of hydrogen-bond donors (Lipinski definition) is 1. The van der Waals surface area contributed by atoms with Crippen LogP contribution in [0.1, 0.15) is 16.8 Å². The lowest BCUT2D eigenvalue weighted by atomic mass is 10.1. The van der Waals surface area contributed by atoms with Gasteiger partial charge in [0, 0.05) is 5.56 Å². The Balaban J connectivity index is 2.45. The van der Waals surface area contributed by atoms with Crippen molar-refractivity contribution in [3.8, 4) is 10.6 Å². The van der Waals surface area contributed by atoms with Crippen molar-refractivity contribution >= 4 is 33.2 Å². The lowest BCUT2D eigenvalue weighted by Crippen LogP contribution is -2.00. The Labute approximate surface area is 118 Å². The molecule has 0 fully saturated rings. The molecule has 2 aromatic rings. The molecule has 0 bridgehead atoms. The average Bonchev–Trinajstić information content (AvgIpc) is 2.63. The Kier molecular flexibility index (Phi) is 3.82. The van der Waals surface area contributed by atoms with Gasteiger partial charge in [-0.2, -0.15) is 0 Å². The maximum atomic E-state index is 10.7. The van der Waals surface area contributed by atoms with E-state index in [1.165, 1.54) is 16.9 Å². The predicted octanol–water partition coefficient (Wildman–Crippen LogP) is 3.82. The fourth-order valence-corrected chi connectivity index (χ4v) is 3.25. The van der Waals surface area contributed by atoms with Gasteiger partial charge in [-0.3, -0.25) is 4.79 Å². The number of rotatable bonds is 3. The maximum Gasteiger partial charge on any atom is 0.309 e. The minimum absolute atomic E-state index is 0.0536. The lowest BCUT2D eigenvalue weighted by molar-refractivity contribution is -0.136. The van der Waals surface area contributed by atoms with Crippen LogP contribution in [0.25, 0.3) is 10.6 Å². The van der Waals surface area contributed by atoms with Crippen LogP contribution < -0.4 is 0 Å². The van der Waals surface area contributed by atoms with Crippen molar-refractivity contribution in [2.45, 2.75) is 20.3 Å². The largest absolute Gasteiger partial charge is 0.481 e. The molecule has 2 rings (SSSR count). The molecule has 1 N–H and O–H groups in total. The second kappa shape index (κ2) is 5.20. The first kappa shape index (κ1) is 13.2. The first-order valence-corrected chi connectivity index (χ1v) is 7.03. The SMILES string of the molecule is Cc1ccc(C)c(-c2nc(CC(=O)O)c(Br)s2)c1. The van der Waals surface area contributed by atoms with Crippen LogP contribution in [0.3, 0.4) is 0 Å². The summed E-state index contributed by atoms with van der Waals surface area (Å²) in [6.45, 7) is 4.06. The lowest BCUT2D eigenvalue weighted by Gasteiger charge is -2.03. The summed E-state index contributed by atoms with van der Waals surface area (Å²) < 4.78 is 0.792. The van der Waals surface area contributed by atoms with Crippen molar-refractivity contribution in [1.82, 2.24) is 4.98 Å². The Morgan fingerprint density at radius 3 is 2.83 bits per heavy atom. The third-order valence-electron chi connectivity index (χ3n) is 2.59. The highest BCUT2D eigenvalue weighted by Crippen LogP contribution is 2.34. The summed E-state index contributed by atoms with van der Waals surface area (Å²) >= 11 is 4.85. The van der Waals surface area contributed by atoms with E-state index < -0.39 is 5.97 Å². The minimum Gasteiger partial charge on any atom is -0.481 e. The van der Waals surface area contributed by atoms with Crippen LogP contribution in [0.4, 0.5) is 0 Å². The van der Waals surface area contributed by atoms with E-state index in [-0.39, 0.29) is 6.42 Å². The molecule has 0 aliphatic rings. The predicted molar refractivity (Wildman–Crippen MR) is 76.1 cm³/mol. The van der Waals surface area contributed by atoms with Crippen LogP contribution in [0.2, 0.25) is 0 Å². The molecule has 0 saturated heterocycles. The zero-order valence-corrected chi connectivity index (χ0v) is 12.4. The molecule has 1 heterocycles. The summed E-state index contributed by atoms with van der Waals surface area (Å²) in [5.74, 6) is -0.867. The van der Waals surface area contributed by atoms with Gasteiger partial charge in [0.25, 0.3) is 0 Å². The highest BCUT2D eigenvalue weighted by molar-refractivity contribution is 9.11. The van der Waals surface area contributed by atoms with Crippen molar-refractivity contribution in [2.24, 2.45) is 0 Å². The Morgan fingerprint density at radius 1 is 1.44 bits per heavy atom. The van der Waals surface area contributed by atoms with Gasteiger partial charge in [0.1, 0.15) is 5.01 Å². The van der Waals surface area contributed by atoms with Crippen LogP contribution in [0.15, 0.2) is 22.0 Å². The highest BCUT2D eigenvalue weighted by Gasteiger charge is 2.14. The van der Waals surface area contributed by atoms with Crippen LogP contribution in [-0.4, -0.2) is 16.1 Å². The normalized spacial score (nSPS) is 10.6. The van der Waals surface area contributed by atoms with Gasteiger partial charge in [0.15, 0.2) is 0 Å². The number of aryl methyl sites for hydroxylation is 2. The monoisotopic (exact) mass is 325 g/mol. The summed E-state index contributed by atoms with van der Waals surface area (Å²) in [5, 5.41) is 9.67. The highest BCUT2D eigenvalue weighted by atomic mass is 79.9. The second-order valence-corrected chi connectivity index (χ2v) is 6.45. The summed E-state index contributed by atoms with van der Waals surface area (Å²) in [5.41, 5.74) is 3.96. The summed E-state index contributed by atoms with van der Waals surface area (Å²) in [4.78, 5) is 15.1. The third kappa shape index (κ3) is 2.79. The molecule has 0 saturated carbocycles. The molecule has 18 heavy (non-hydrogen) atoms. The number of aliphatic carboxylic acids is 1. The molecule has 3 nitrogen and oxygen atoms in total. The molecular formula is C13H12BrNO2S. The summed E-state index contributed by atoms with van der Waals surface area (Å²) in [6, 6.07) is 6.18. The number of nitrogens with zero attached hydrogens (tertiary/aromatic N) is 1. The van der Waals surface area contributed by atoms with E-state index in [0.717, 1.165) is 19.9 Å². The zero-order chi connectivity index (χ0) is 13.3. The molecule has 0 atom stereocenters. The van der Waals surface area contributed by atoms with Gasteiger partial charge < -0.3 is 5.11 Å². The van der Waals surface area contributed by atoms with Crippen LogP contribution >= 0.6 is 27.3 Å². The summed E-state index contributed by atoms with van der Waals surface area (Å²) in [6.07, 6.45) is -0.0536. The van der Waals surface area contributed by atoms with E-state index in [2.05, 4.69) is 39.1 Å². The van der Waals surface area contributed by atoms with Crippen molar-refractivity contribution in [1.29, 1.82) is 0 Å². The van der Waals surface area contributed by atoms with Crippen LogP contribution in [-0.2, 0) is 11.2 Å². The Morgan fingerprint density at radius 2 is 2.17 bits per heavy atom. The number of hydrogen-bond acceptors (Lipinski definition) is 3. The first-order chi connectivity index (χ1) is 8.47. The number of carbonyl (C=O) groups is 1. The number of aromatic nitrogens is 1. The van der Waals surface area contributed by atoms with E-state index >= 15 is 0 Å². The van der Waals surface area contributed by atoms with Gasteiger partial charge >= 0.3 is 5.97 Å². The van der Waals surface area contributed by atoms with Gasteiger partial charge in [0.05, 0.1) is 15.9 Å². The fraction of sp³-hybridized carbons (Fsp3) is 0.231. The minimum atomic E-state index is -0.867. The smallest absolute Gasteiger partial charge is 0.309 e. The van der Waals surface area contributed by atoms with Crippen molar-refractivity contribution in [3.63, 3.8) is 0 Å². The van der Waals surface area contributed by atoms with Crippen molar-refractivity contribution in [2.75, 3.05) is 0 Å². The third-order valence-corrected chi connectivity index (χ3v) is 4.45. The van der Waals surface area contributed by atoms with E-state index in [0.29, 0.717) is 5.69 Å². The summed E-state index contributed by atoms with van der Waals surface area (Å²) in [7, 11) is 0. The van der Waals surface area contributed by atoms with Gasteiger partial charge in [-0.05, 0) is 41.4 Å². The fourth-order valence-electron chi connectivity index (χ4n) is 1.67.